The molecule has 0 atom stereocenters. The third-order valence-corrected chi connectivity index (χ3v) is 3.14. The summed E-state index contributed by atoms with van der Waals surface area (Å²) in [6.07, 6.45) is 2.35. The number of aryl methyl sites for hydroxylation is 1. The lowest BCUT2D eigenvalue weighted by molar-refractivity contribution is 0.275. The summed E-state index contributed by atoms with van der Waals surface area (Å²) < 4.78 is 1.87. The lowest BCUT2D eigenvalue weighted by Crippen LogP contribution is -2.02. The summed E-state index contributed by atoms with van der Waals surface area (Å²) in [5.41, 5.74) is 4.02. The Bertz CT molecular complexity index is 543. The molecule has 1 saturated carbocycles. The van der Waals surface area contributed by atoms with Crippen LogP contribution in [0.1, 0.15) is 35.7 Å². The van der Waals surface area contributed by atoms with Crippen LogP contribution in [0.2, 0.25) is 0 Å². The molecule has 0 radical (unpaired) electrons. The van der Waals surface area contributed by atoms with Crippen LogP contribution in [0.3, 0.4) is 0 Å². The molecule has 0 bridgehead atoms. The van der Waals surface area contributed by atoms with Crippen molar-refractivity contribution in [3.8, 4) is 5.69 Å². The fourth-order valence-corrected chi connectivity index (χ4v) is 2.15. The molecule has 1 aliphatic carbocycles. The van der Waals surface area contributed by atoms with E-state index < -0.39 is 0 Å². The first-order valence-electron chi connectivity index (χ1n) is 5.92. The second-order valence-corrected chi connectivity index (χ2v) is 4.60. The minimum absolute atomic E-state index is 0.0301. The first kappa shape index (κ1) is 10.5. The van der Waals surface area contributed by atoms with E-state index in [2.05, 4.69) is 29.4 Å². The maximum absolute atomic E-state index is 9.29. The van der Waals surface area contributed by atoms with Gasteiger partial charge in [0.15, 0.2) is 0 Å². The zero-order valence-electron chi connectivity index (χ0n) is 9.80. The Labute approximate surface area is 99.9 Å². The summed E-state index contributed by atoms with van der Waals surface area (Å²) >= 11 is 0. The van der Waals surface area contributed by atoms with Crippen LogP contribution in [0.15, 0.2) is 24.3 Å². The van der Waals surface area contributed by atoms with Gasteiger partial charge in [-0.1, -0.05) is 17.3 Å². The van der Waals surface area contributed by atoms with Gasteiger partial charge in [0.1, 0.15) is 5.69 Å². The first-order valence-corrected chi connectivity index (χ1v) is 5.92. The largest absolute Gasteiger partial charge is 0.390 e. The molecule has 1 fully saturated rings. The summed E-state index contributed by atoms with van der Waals surface area (Å²) in [4.78, 5) is 0. The molecule has 1 aliphatic rings. The number of aliphatic hydroxyl groups excluding tert-OH is 1. The van der Waals surface area contributed by atoms with E-state index in [0.29, 0.717) is 11.6 Å². The smallest absolute Gasteiger partial charge is 0.112 e. The zero-order valence-corrected chi connectivity index (χ0v) is 9.80. The number of nitrogens with zero attached hydrogens (tertiary/aromatic N) is 3. The van der Waals surface area contributed by atoms with Crippen molar-refractivity contribution in [1.82, 2.24) is 15.0 Å². The van der Waals surface area contributed by atoms with E-state index in [-0.39, 0.29) is 6.61 Å². The van der Waals surface area contributed by atoms with Crippen LogP contribution in [0.5, 0.6) is 0 Å². The molecular weight excluding hydrogens is 214 g/mol. The molecule has 2 aromatic rings. The van der Waals surface area contributed by atoms with E-state index in [0.717, 1.165) is 11.4 Å². The van der Waals surface area contributed by atoms with Gasteiger partial charge < -0.3 is 5.11 Å². The van der Waals surface area contributed by atoms with Crippen LogP contribution in [0, 0.1) is 6.92 Å². The molecule has 4 heteroatoms. The second kappa shape index (κ2) is 3.96. The van der Waals surface area contributed by atoms with Gasteiger partial charge in [0.2, 0.25) is 0 Å². The fourth-order valence-electron chi connectivity index (χ4n) is 2.15. The number of aromatic nitrogens is 3. The van der Waals surface area contributed by atoms with Crippen molar-refractivity contribution in [2.75, 3.05) is 0 Å². The summed E-state index contributed by atoms with van der Waals surface area (Å²) in [6.45, 7) is 2.03. The standard InChI is InChI=1S/C13H15N3O/c1-9-3-2-4-11(7-9)16-13(10-5-6-10)12(8-17)14-15-16/h2-4,7,10,17H,5-6,8H2,1H3. The van der Waals surface area contributed by atoms with E-state index >= 15 is 0 Å². The Kier molecular flexibility index (Phi) is 2.44. The summed E-state index contributed by atoms with van der Waals surface area (Å²) in [5, 5.41) is 17.5. The number of aliphatic hydroxyl groups is 1. The Morgan fingerprint density at radius 3 is 2.88 bits per heavy atom. The first-order chi connectivity index (χ1) is 8.29. The topological polar surface area (TPSA) is 50.9 Å². The van der Waals surface area contributed by atoms with Gasteiger partial charge in [-0.05, 0) is 37.5 Å². The number of hydrogen-bond acceptors (Lipinski definition) is 3. The molecule has 17 heavy (non-hydrogen) atoms. The molecule has 0 unspecified atom stereocenters. The van der Waals surface area contributed by atoms with Gasteiger partial charge in [-0.25, -0.2) is 4.68 Å². The number of rotatable bonds is 3. The van der Waals surface area contributed by atoms with Crippen LogP contribution in [0.4, 0.5) is 0 Å². The van der Waals surface area contributed by atoms with Gasteiger partial charge in [-0.15, -0.1) is 5.10 Å². The molecule has 3 rings (SSSR count). The van der Waals surface area contributed by atoms with E-state index in [1.165, 1.54) is 18.4 Å². The summed E-state index contributed by atoms with van der Waals surface area (Å²) in [7, 11) is 0. The second-order valence-electron chi connectivity index (χ2n) is 4.60. The van der Waals surface area contributed by atoms with Crippen LogP contribution in [0.25, 0.3) is 5.69 Å². The lowest BCUT2D eigenvalue weighted by atomic mass is 10.2. The van der Waals surface area contributed by atoms with E-state index in [9.17, 15) is 5.11 Å². The van der Waals surface area contributed by atoms with Crippen molar-refractivity contribution in [2.24, 2.45) is 0 Å². The van der Waals surface area contributed by atoms with Crippen LogP contribution in [-0.2, 0) is 6.61 Å². The quantitative estimate of drug-likeness (QED) is 0.875. The Balaban J connectivity index is 2.11. The molecular formula is C13H15N3O. The predicted molar refractivity (Wildman–Crippen MR) is 64.0 cm³/mol. The van der Waals surface area contributed by atoms with Crippen molar-refractivity contribution in [3.05, 3.63) is 41.2 Å². The van der Waals surface area contributed by atoms with E-state index in [4.69, 9.17) is 0 Å². The van der Waals surface area contributed by atoms with E-state index in [1.54, 1.807) is 0 Å². The van der Waals surface area contributed by atoms with Gasteiger partial charge in [0, 0.05) is 5.92 Å². The molecule has 0 amide bonds. The number of hydrogen-bond donors (Lipinski definition) is 1. The monoisotopic (exact) mass is 229 g/mol. The summed E-state index contributed by atoms with van der Waals surface area (Å²) in [5.74, 6) is 0.521. The lowest BCUT2D eigenvalue weighted by Gasteiger charge is -2.06. The van der Waals surface area contributed by atoms with Gasteiger partial charge in [0.05, 0.1) is 18.0 Å². The zero-order chi connectivity index (χ0) is 11.8. The van der Waals surface area contributed by atoms with E-state index in [1.807, 2.05) is 16.8 Å². The molecule has 0 aliphatic heterocycles. The van der Waals surface area contributed by atoms with Crippen molar-refractivity contribution < 1.29 is 5.11 Å². The average Bonchev–Trinajstić information content (AvgIpc) is 3.08. The van der Waals surface area contributed by atoms with Crippen LogP contribution >= 0.6 is 0 Å². The maximum atomic E-state index is 9.29. The Hall–Kier alpha value is -1.68. The van der Waals surface area contributed by atoms with Crippen molar-refractivity contribution >= 4 is 0 Å². The molecule has 0 spiro atoms. The average molecular weight is 229 g/mol. The highest BCUT2D eigenvalue weighted by Gasteiger charge is 2.31. The van der Waals surface area contributed by atoms with Gasteiger partial charge in [-0.3, -0.25) is 0 Å². The minimum atomic E-state index is -0.0301. The highest BCUT2D eigenvalue weighted by Crippen LogP contribution is 2.41. The maximum Gasteiger partial charge on any atom is 0.112 e. The molecule has 88 valence electrons. The third-order valence-electron chi connectivity index (χ3n) is 3.14. The van der Waals surface area contributed by atoms with Gasteiger partial charge in [-0.2, -0.15) is 0 Å². The highest BCUT2D eigenvalue weighted by molar-refractivity contribution is 5.38. The normalized spacial score (nSPS) is 15.2. The molecule has 1 aromatic carbocycles. The fraction of sp³-hybridized carbons (Fsp3) is 0.385. The summed E-state index contributed by atoms with van der Waals surface area (Å²) in [6, 6.07) is 8.18. The molecule has 1 N–H and O–H groups in total. The van der Waals surface area contributed by atoms with Gasteiger partial charge >= 0.3 is 0 Å². The molecule has 4 nitrogen and oxygen atoms in total. The third kappa shape index (κ3) is 1.85. The predicted octanol–water partition coefficient (Wildman–Crippen LogP) is 1.95. The van der Waals surface area contributed by atoms with Crippen molar-refractivity contribution in [2.45, 2.75) is 32.3 Å². The SMILES string of the molecule is Cc1cccc(-n2nnc(CO)c2C2CC2)c1. The molecule has 1 heterocycles. The van der Waals surface area contributed by atoms with Gasteiger partial charge in [0.25, 0.3) is 0 Å². The Morgan fingerprint density at radius 1 is 1.41 bits per heavy atom. The number of benzene rings is 1. The molecule has 0 saturated heterocycles. The minimum Gasteiger partial charge on any atom is -0.390 e. The van der Waals surface area contributed by atoms with Crippen LogP contribution < -0.4 is 0 Å². The van der Waals surface area contributed by atoms with Crippen molar-refractivity contribution in [1.29, 1.82) is 0 Å². The van der Waals surface area contributed by atoms with Crippen LogP contribution in [-0.4, -0.2) is 20.1 Å². The highest BCUT2D eigenvalue weighted by atomic mass is 16.3. The Morgan fingerprint density at radius 2 is 2.24 bits per heavy atom. The van der Waals surface area contributed by atoms with Crippen molar-refractivity contribution in [3.63, 3.8) is 0 Å². The molecule has 1 aromatic heterocycles.